The normalized spacial score (nSPS) is 12.4. The second kappa shape index (κ2) is 5.66. The number of primary amides is 1. The molecule has 0 aromatic heterocycles. The summed E-state index contributed by atoms with van der Waals surface area (Å²) in [5.74, 6) is -0.660. The van der Waals surface area contributed by atoms with E-state index in [-0.39, 0.29) is 10.5 Å². The standard InChI is InChI=1S/C11H16N2O5S/c1-11(6-14,7-15)13-19(17,18)9-4-2-8(3-5-9)10(12)16/h2-5,13-15H,6-7H2,1H3,(H2,12,16). The lowest BCUT2D eigenvalue weighted by Crippen LogP contribution is -2.51. The van der Waals surface area contributed by atoms with Crippen molar-refractivity contribution in [2.75, 3.05) is 13.2 Å². The molecule has 0 radical (unpaired) electrons. The molecule has 0 aliphatic heterocycles. The largest absolute Gasteiger partial charge is 0.394 e. The lowest BCUT2D eigenvalue weighted by Gasteiger charge is -2.25. The number of rotatable bonds is 6. The monoisotopic (exact) mass is 288 g/mol. The first-order valence-electron chi connectivity index (χ1n) is 5.40. The fraction of sp³-hybridized carbons (Fsp3) is 0.364. The fourth-order valence-electron chi connectivity index (χ4n) is 1.30. The summed E-state index contributed by atoms with van der Waals surface area (Å²) in [5, 5.41) is 18.1. The van der Waals surface area contributed by atoms with Gasteiger partial charge in [0.15, 0.2) is 0 Å². The first kappa shape index (κ1) is 15.6. The summed E-state index contributed by atoms with van der Waals surface area (Å²) in [6, 6.07) is 5.01. The van der Waals surface area contributed by atoms with Gasteiger partial charge in [-0.15, -0.1) is 0 Å². The van der Waals surface area contributed by atoms with E-state index in [1.165, 1.54) is 31.2 Å². The molecular formula is C11H16N2O5S. The minimum absolute atomic E-state index is 0.0920. The quantitative estimate of drug-likeness (QED) is 0.523. The number of nitrogens with one attached hydrogen (secondary N) is 1. The van der Waals surface area contributed by atoms with Gasteiger partial charge in [0.2, 0.25) is 15.9 Å². The van der Waals surface area contributed by atoms with Gasteiger partial charge in [-0.2, -0.15) is 0 Å². The Morgan fingerprint density at radius 1 is 1.26 bits per heavy atom. The first-order chi connectivity index (χ1) is 8.74. The van der Waals surface area contributed by atoms with Gasteiger partial charge < -0.3 is 15.9 Å². The maximum atomic E-state index is 12.0. The van der Waals surface area contributed by atoms with Gasteiger partial charge in [0.1, 0.15) is 0 Å². The van der Waals surface area contributed by atoms with Gasteiger partial charge in [-0.1, -0.05) is 0 Å². The van der Waals surface area contributed by atoms with Crippen molar-refractivity contribution in [1.82, 2.24) is 4.72 Å². The second-order valence-corrected chi connectivity index (χ2v) is 6.05. The van der Waals surface area contributed by atoms with Crippen LogP contribution in [0.5, 0.6) is 0 Å². The van der Waals surface area contributed by atoms with Gasteiger partial charge in [0.05, 0.1) is 23.6 Å². The number of aliphatic hydroxyl groups excluding tert-OH is 2. The molecule has 7 nitrogen and oxygen atoms in total. The van der Waals surface area contributed by atoms with E-state index in [2.05, 4.69) is 4.72 Å². The highest BCUT2D eigenvalue weighted by atomic mass is 32.2. The highest BCUT2D eigenvalue weighted by Gasteiger charge is 2.29. The number of carbonyl (C=O) groups excluding carboxylic acids is 1. The van der Waals surface area contributed by atoms with Crippen LogP contribution in [0.25, 0.3) is 0 Å². The van der Waals surface area contributed by atoms with E-state index < -0.39 is 34.7 Å². The molecule has 0 unspecified atom stereocenters. The molecule has 1 aromatic rings. The van der Waals surface area contributed by atoms with Crippen LogP contribution in [-0.2, 0) is 10.0 Å². The van der Waals surface area contributed by atoms with Gasteiger partial charge in [0, 0.05) is 5.56 Å². The summed E-state index contributed by atoms with van der Waals surface area (Å²) < 4.78 is 26.2. The van der Waals surface area contributed by atoms with Crippen molar-refractivity contribution in [3.8, 4) is 0 Å². The van der Waals surface area contributed by atoms with Gasteiger partial charge in [0.25, 0.3) is 0 Å². The van der Waals surface area contributed by atoms with Crippen LogP contribution in [0, 0.1) is 0 Å². The number of nitrogens with two attached hydrogens (primary N) is 1. The number of hydrogen-bond donors (Lipinski definition) is 4. The maximum Gasteiger partial charge on any atom is 0.248 e. The van der Waals surface area contributed by atoms with Gasteiger partial charge >= 0.3 is 0 Å². The molecule has 0 fully saturated rings. The van der Waals surface area contributed by atoms with E-state index in [1.807, 2.05) is 0 Å². The maximum absolute atomic E-state index is 12.0. The average molecular weight is 288 g/mol. The Morgan fingerprint density at radius 3 is 2.11 bits per heavy atom. The van der Waals surface area contributed by atoms with Crippen molar-refractivity contribution in [2.45, 2.75) is 17.4 Å². The van der Waals surface area contributed by atoms with E-state index in [1.54, 1.807) is 0 Å². The zero-order valence-electron chi connectivity index (χ0n) is 10.3. The molecular weight excluding hydrogens is 272 g/mol. The van der Waals surface area contributed by atoms with Crippen LogP contribution in [0.3, 0.4) is 0 Å². The summed E-state index contributed by atoms with van der Waals surface area (Å²) in [6.07, 6.45) is 0. The minimum atomic E-state index is -3.91. The van der Waals surface area contributed by atoms with Gasteiger partial charge in [-0.3, -0.25) is 4.79 Å². The number of sulfonamides is 1. The number of amides is 1. The predicted octanol–water partition coefficient (Wildman–Crippen LogP) is -1.19. The Bertz CT molecular complexity index is 549. The van der Waals surface area contributed by atoms with E-state index in [4.69, 9.17) is 15.9 Å². The molecule has 1 amide bonds. The van der Waals surface area contributed by atoms with E-state index in [0.29, 0.717) is 0 Å². The van der Waals surface area contributed by atoms with Crippen molar-refractivity contribution in [1.29, 1.82) is 0 Å². The molecule has 1 rings (SSSR count). The molecule has 0 atom stereocenters. The molecule has 0 saturated heterocycles. The Balaban J connectivity index is 3.04. The molecule has 0 spiro atoms. The third-order valence-corrected chi connectivity index (χ3v) is 4.18. The van der Waals surface area contributed by atoms with Crippen LogP contribution in [0.15, 0.2) is 29.2 Å². The lowest BCUT2D eigenvalue weighted by molar-refractivity contribution is 0.1000. The van der Waals surface area contributed by atoms with E-state index in [9.17, 15) is 13.2 Å². The van der Waals surface area contributed by atoms with Crippen LogP contribution >= 0.6 is 0 Å². The molecule has 19 heavy (non-hydrogen) atoms. The van der Waals surface area contributed by atoms with Crippen molar-refractivity contribution in [2.24, 2.45) is 5.73 Å². The van der Waals surface area contributed by atoms with Crippen LogP contribution in [-0.4, -0.2) is 43.3 Å². The van der Waals surface area contributed by atoms with Crippen LogP contribution in [0.1, 0.15) is 17.3 Å². The molecule has 0 heterocycles. The topological polar surface area (TPSA) is 130 Å². The number of carbonyl (C=O) groups is 1. The molecule has 0 aliphatic rings. The highest BCUT2D eigenvalue weighted by molar-refractivity contribution is 7.89. The van der Waals surface area contributed by atoms with Crippen molar-refractivity contribution >= 4 is 15.9 Å². The molecule has 0 aliphatic carbocycles. The first-order valence-corrected chi connectivity index (χ1v) is 6.88. The summed E-state index contributed by atoms with van der Waals surface area (Å²) >= 11 is 0. The number of aliphatic hydroxyl groups is 2. The molecule has 106 valence electrons. The fourth-order valence-corrected chi connectivity index (χ4v) is 2.69. The van der Waals surface area contributed by atoms with Crippen LogP contribution < -0.4 is 10.5 Å². The second-order valence-electron chi connectivity index (χ2n) is 4.37. The smallest absolute Gasteiger partial charge is 0.248 e. The van der Waals surface area contributed by atoms with Crippen molar-refractivity contribution in [3.05, 3.63) is 29.8 Å². The SMILES string of the molecule is CC(CO)(CO)NS(=O)(=O)c1ccc(C(N)=O)cc1. The third kappa shape index (κ3) is 3.74. The zero-order chi connectivity index (χ0) is 14.7. The molecule has 0 bridgehead atoms. The molecule has 8 heteroatoms. The number of hydrogen-bond acceptors (Lipinski definition) is 5. The summed E-state index contributed by atoms with van der Waals surface area (Å²) in [5.41, 5.74) is 3.87. The van der Waals surface area contributed by atoms with Crippen LogP contribution in [0.4, 0.5) is 0 Å². The molecule has 0 saturated carbocycles. The highest BCUT2D eigenvalue weighted by Crippen LogP contribution is 2.14. The minimum Gasteiger partial charge on any atom is -0.394 e. The predicted molar refractivity (Wildman–Crippen MR) is 67.9 cm³/mol. The Morgan fingerprint density at radius 2 is 1.74 bits per heavy atom. The van der Waals surface area contributed by atoms with Crippen molar-refractivity contribution < 1.29 is 23.4 Å². The van der Waals surface area contributed by atoms with Gasteiger partial charge in [-0.25, -0.2) is 13.1 Å². The van der Waals surface area contributed by atoms with Gasteiger partial charge in [-0.05, 0) is 31.2 Å². The Kier molecular flexibility index (Phi) is 4.64. The van der Waals surface area contributed by atoms with E-state index >= 15 is 0 Å². The lowest BCUT2D eigenvalue weighted by atomic mass is 10.1. The van der Waals surface area contributed by atoms with Crippen molar-refractivity contribution in [3.63, 3.8) is 0 Å². The molecule has 1 aromatic carbocycles. The molecule has 5 N–H and O–H groups in total. The summed E-state index contributed by atoms with van der Waals surface area (Å²) in [4.78, 5) is 10.8. The number of benzene rings is 1. The Hall–Kier alpha value is -1.48. The van der Waals surface area contributed by atoms with Crippen LogP contribution in [0.2, 0.25) is 0 Å². The van der Waals surface area contributed by atoms with E-state index in [0.717, 1.165) is 0 Å². The average Bonchev–Trinajstić information content (AvgIpc) is 2.38. The Labute approximate surface area is 111 Å². The summed E-state index contributed by atoms with van der Waals surface area (Å²) in [6.45, 7) is 0.256. The third-order valence-electron chi connectivity index (χ3n) is 2.53. The zero-order valence-corrected chi connectivity index (χ0v) is 11.1. The summed E-state index contributed by atoms with van der Waals surface area (Å²) in [7, 11) is -3.91.